The van der Waals surface area contributed by atoms with Crippen molar-refractivity contribution < 1.29 is 4.52 Å². The Morgan fingerprint density at radius 1 is 1.40 bits per heavy atom. The molecule has 1 atom stereocenters. The van der Waals surface area contributed by atoms with Crippen LogP contribution in [0.4, 0.5) is 0 Å². The summed E-state index contributed by atoms with van der Waals surface area (Å²) in [7, 11) is 0. The van der Waals surface area contributed by atoms with E-state index in [2.05, 4.69) is 36.2 Å². The van der Waals surface area contributed by atoms with Gasteiger partial charge in [0.05, 0.1) is 5.92 Å². The Morgan fingerprint density at radius 2 is 2.13 bits per heavy atom. The van der Waals surface area contributed by atoms with E-state index in [1.165, 1.54) is 0 Å². The van der Waals surface area contributed by atoms with Crippen LogP contribution < -0.4 is 5.32 Å². The van der Waals surface area contributed by atoms with Gasteiger partial charge in [0.15, 0.2) is 5.82 Å². The Balaban J connectivity index is 0.00000112. The highest BCUT2D eigenvalue weighted by molar-refractivity contribution is 5.85. The molecule has 0 amide bonds. The molecule has 1 saturated heterocycles. The van der Waals surface area contributed by atoms with Crippen LogP contribution in [0.15, 0.2) is 4.52 Å². The maximum absolute atomic E-state index is 5.27. The van der Waals surface area contributed by atoms with Crippen molar-refractivity contribution in [2.45, 2.75) is 38.5 Å². The van der Waals surface area contributed by atoms with E-state index in [0.29, 0.717) is 5.92 Å². The van der Waals surface area contributed by atoms with Crippen molar-refractivity contribution in [3.8, 4) is 0 Å². The molecule has 0 bridgehead atoms. The van der Waals surface area contributed by atoms with E-state index in [-0.39, 0.29) is 17.8 Å². The summed E-state index contributed by atoms with van der Waals surface area (Å²) in [6, 6.07) is 0. The van der Waals surface area contributed by atoms with E-state index < -0.39 is 0 Å². The molecule has 0 radical (unpaired) electrons. The SMILES string of the molecule is CC(C)(C)c1noc([C@@H]2CCNC2)n1.Cl. The number of aromatic nitrogens is 2. The summed E-state index contributed by atoms with van der Waals surface area (Å²) in [4.78, 5) is 4.45. The van der Waals surface area contributed by atoms with Crippen LogP contribution in [0, 0.1) is 0 Å². The minimum absolute atomic E-state index is 0. The molecule has 5 heteroatoms. The molecule has 15 heavy (non-hydrogen) atoms. The molecule has 0 unspecified atom stereocenters. The molecule has 0 aromatic carbocycles. The van der Waals surface area contributed by atoms with E-state index in [1.54, 1.807) is 0 Å². The fourth-order valence-corrected chi connectivity index (χ4v) is 1.57. The number of rotatable bonds is 1. The summed E-state index contributed by atoms with van der Waals surface area (Å²) in [5, 5.41) is 7.31. The largest absolute Gasteiger partial charge is 0.339 e. The number of hydrogen-bond donors (Lipinski definition) is 1. The molecular formula is C10H18ClN3O. The van der Waals surface area contributed by atoms with Gasteiger partial charge >= 0.3 is 0 Å². The average Bonchev–Trinajstić information content (AvgIpc) is 2.73. The van der Waals surface area contributed by atoms with Crippen LogP contribution >= 0.6 is 12.4 Å². The first-order valence-electron chi connectivity index (χ1n) is 5.12. The lowest BCUT2D eigenvalue weighted by Gasteiger charge is -2.11. The standard InChI is InChI=1S/C10H17N3O.ClH/c1-10(2,3)9-12-8(14-13-9)7-4-5-11-6-7;/h7,11H,4-6H2,1-3H3;1H/t7-;/m1./s1. The maximum atomic E-state index is 5.27. The van der Waals surface area contributed by atoms with Gasteiger partial charge in [-0.1, -0.05) is 25.9 Å². The van der Waals surface area contributed by atoms with Crippen molar-refractivity contribution in [1.82, 2.24) is 15.5 Å². The second-order valence-electron chi connectivity index (χ2n) is 4.90. The topological polar surface area (TPSA) is 51.0 Å². The van der Waals surface area contributed by atoms with E-state index in [4.69, 9.17) is 4.52 Å². The lowest BCUT2D eigenvalue weighted by Crippen LogP contribution is -2.14. The molecule has 1 aromatic rings. The molecule has 1 aliphatic rings. The molecule has 2 heterocycles. The van der Waals surface area contributed by atoms with Gasteiger partial charge in [0, 0.05) is 12.0 Å². The van der Waals surface area contributed by atoms with Crippen molar-refractivity contribution in [3.63, 3.8) is 0 Å². The van der Waals surface area contributed by atoms with Gasteiger partial charge in [-0.2, -0.15) is 4.98 Å². The zero-order valence-corrected chi connectivity index (χ0v) is 10.2. The third-order valence-corrected chi connectivity index (χ3v) is 2.52. The van der Waals surface area contributed by atoms with Crippen LogP contribution in [0.1, 0.15) is 44.8 Å². The lowest BCUT2D eigenvalue weighted by atomic mass is 9.96. The number of nitrogens with zero attached hydrogens (tertiary/aromatic N) is 2. The smallest absolute Gasteiger partial charge is 0.231 e. The summed E-state index contributed by atoms with van der Waals surface area (Å²) < 4.78 is 5.27. The Kier molecular flexibility index (Phi) is 3.73. The van der Waals surface area contributed by atoms with Gasteiger partial charge in [-0.15, -0.1) is 12.4 Å². The predicted octanol–water partition coefficient (Wildman–Crippen LogP) is 1.87. The number of halogens is 1. The molecule has 0 saturated carbocycles. The van der Waals surface area contributed by atoms with Gasteiger partial charge in [0.1, 0.15) is 0 Å². The molecule has 86 valence electrons. The summed E-state index contributed by atoms with van der Waals surface area (Å²) >= 11 is 0. The lowest BCUT2D eigenvalue weighted by molar-refractivity contribution is 0.347. The maximum Gasteiger partial charge on any atom is 0.231 e. The Hall–Kier alpha value is -0.610. The highest BCUT2D eigenvalue weighted by Crippen LogP contribution is 2.24. The molecule has 1 aliphatic heterocycles. The molecule has 1 N–H and O–H groups in total. The first-order chi connectivity index (χ1) is 6.57. The van der Waals surface area contributed by atoms with Crippen LogP contribution in [0.3, 0.4) is 0 Å². The molecule has 1 fully saturated rings. The summed E-state index contributed by atoms with van der Waals surface area (Å²) in [5.74, 6) is 2.01. The van der Waals surface area contributed by atoms with Crippen molar-refractivity contribution in [2.24, 2.45) is 0 Å². The van der Waals surface area contributed by atoms with Crippen LogP contribution in [0.5, 0.6) is 0 Å². The summed E-state index contributed by atoms with van der Waals surface area (Å²) in [5.41, 5.74) is -0.0201. The van der Waals surface area contributed by atoms with Crippen LogP contribution in [0.2, 0.25) is 0 Å². The Morgan fingerprint density at radius 3 is 2.60 bits per heavy atom. The molecule has 2 rings (SSSR count). The highest BCUT2D eigenvalue weighted by atomic mass is 35.5. The van der Waals surface area contributed by atoms with Crippen LogP contribution in [-0.4, -0.2) is 23.2 Å². The van der Waals surface area contributed by atoms with Gasteiger partial charge in [-0.3, -0.25) is 0 Å². The van der Waals surface area contributed by atoms with Gasteiger partial charge in [0.25, 0.3) is 0 Å². The number of nitrogens with one attached hydrogen (secondary N) is 1. The quantitative estimate of drug-likeness (QED) is 0.802. The summed E-state index contributed by atoms with van der Waals surface area (Å²) in [6.07, 6.45) is 1.10. The molecular weight excluding hydrogens is 214 g/mol. The van der Waals surface area contributed by atoms with Crippen LogP contribution in [0.25, 0.3) is 0 Å². The monoisotopic (exact) mass is 231 g/mol. The van der Waals surface area contributed by atoms with Crippen molar-refractivity contribution in [1.29, 1.82) is 0 Å². The third-order valence-electron chi connectivity index (χ3n) is 2.52. The zero-order chi connectivity index (χ0) is 10.2. The average molecular weight is 232 g/mol. The molecule has 0 aliphatic carbocycles. The van der Waals surface area contributed by atoms with Gasteiger partial charge in [0.2, 0.25) is 5.89 Å². The molecule has 4 nitrogen and oxygen atoms in total. The third kappa shape index (κ3) is 2.69. The zero-order valence-electron chi connectivity index (χ0n) is 9.41. The van der Waals surface area contributed by atoms with Gasteiger partial charge < -0.3 is 9.84 Å². The number of hydrogen-bond acceptors (Lipinski definition) is 4. The van der Waals surface area contributed by atoms with Gasteiger partial charge in [-0.05, 0) is 13.0 Å². The highest BCUT2D eigenvalue weighted by Gasteiger charge is 2.26. The Bertz CT molecular complexity index is 313. The minimum atomic E-state index is -0.0201. The van der Waals surface area contributed by atoms with E-state index in [9.17, 15) is 0 Å². The summed E-state index contributed by atoms with van der Waals surface area (Å²) in [6.45, 7) is 8.29. The van der Waals surface area contributed by atoms with E-state index in [1.807, 2.05) is 0 Å². The van der Waals surface area contributed by atoms with Crippen molar-refractivity contribution in [3.05, 3.63) is 11.7 Å². The molecule has 0 spiro atoms. The van der Waals surface area contributed by atoms with E-state index >= 15 is 0 Å². The Labute approximate surface area is 96.2 Å². The van der Waals surface area contributed by atoms with Crippen molar-refractivity contribution in [2.75, 3.05) is 13.1 Å². The fraction of sp³-hybridized carbons (Fsp3) is 0.800. The van der Waals surface area contributed by atoms with Crippen LogP contribution in [-0.2, 0) is 5.41 Å². The second-order valence-corrected chi connectivity index (χ2v) is 4.90. The van der Waals surface area contributed by atoms with E-state index in [0.717, 1.165) is 31.2 Å². The predicted molar refractivity (Wildman–Crippen MR) is 60.5 cm³/mol. The van der Waals surface area contributed by atoms with Crippen molar-refractivity contribution >= 4 is 12.4 Å². The normalized spacial score (nSPS) is 21.4. The first-order valence-corrected chi connectivity index (χ1v) is 5.12. The molecule has 1 aromatic heterocycles. The fourth-order valence-electron chi connectivity index (χ4n) is 1.57. The first kappa shape index (κ1) is 12.5. The van der Waals surface area contributed by atoms with Gasteiger partial charge in [-0.25, -0.2) is 0 Å². The second kappa shape index (κ2) is 4.49. The minimum Gasteiger partial charge on any atom is -0.339 e.